The molecule has 3 amide bonds. The van der Waals surface area contributed by atoms with Gasteiger partial charge in [-0.25, -0.2) is 0 Å². The Hall–Kier alpha value is -4.26. The Kier molecular flexibility index (Phi) is 12.6. The molecule has 60 heavy (non-hydrogen) atoms. The van der Waals surface area contributed by atoms with E-state index in [9.17, 15) is 44.1 Å². The summed E-state index contributed by atoms with van der Waals surface area (Å²) >= 11 is 4.34. The summed E-state index contributed by atoms with van der Waals surface area (Å²) in [7, 11) is 1.53. The third kappa shape index (κ3) is 7.77. The smallest absolute Gasteiger partial charge is 0.303 e. The van der Waals surface area contributed by atoms with Crippen LogP contribution in [0.25, 0.3) is 0 Å². The van der Waals surface area contributed by atoms with E-state index in [1.54, 1.807) is 30.4 Å². The van der Waals surface area contributed by atoms with E-state index in [0.29, 0.717) is 35.6 Å². The van der Waals surface area contributed by atoms with Crippen LogP contribution in [0, 0.1) is 28.6 Å². The molecule has 4 fully saturated rings. The van der Waals surface area contributed by atoms with Gasteiger partial charge in [-0.15, -0.1) is 11.3 Å². The zero-order valence-corrected chi connectivity index (χ0v) is 35.9. The van der Waals surface area contributed by atoms with Crippen LogP contribution >= 0.6 is 27.3 Å². The maximum absolute atomic E-state index is 14.1. The van der Waals surface area contributed by atoms with Gasteiger partial charge in [0, 0.05) is 40.8 Å². The second kappa shape index (κ2) is 17.2. The Morgan fingerprint density at radius 1 is 1.15 bits per heavy atom. The number of hydrogen-bond donors (Lipinski definition) is 6. The first kappa shape index (κ1) is 43.8. The number of ketones is 2. The summed E-state index contributed by atoms with van der Waals surface area (Å²) in [5.74, 6) is -3.08. The number of aliphatic hydroxyl groups excluding tert-OH is 2. The van der Waals surface area contributed by atoms with Crippen LogP contribution in [0.5, 0.6) is 5.75 Å². The van der Waals surface area contributed by atoms with Crippen molar-refractivity contribution in [1.29, 1.82) is 0 Å². The Labute approximate surface area is 359 Å². The highest BCUT2D eigenvalue weighted by molar-refractivity contribution is 9.09. The Balaban J connectivity index is 1.08. The maximum atomic E-state index is 14.1. The fraction of sp³-hybridized carbons (Fsp3) is 0.535. The molecule has 3 saturated carbocycles. The highest BCUT2D eigenvalue weighted by atomic mass is 79.9. The van der Waals surface area contributed by atoms with Crippen LogP contribution in [0.4, 0.5) is 5.69 Å². The predicted octanol–water partition coefficient (Wildman–Crippen LogP) is 3.75. The third-order valence-electron chi connectivity index (χ3n) is 13.5. The van der Waals surface area contributed by atoms with Crippen molar-refractivity contribution in [1.82, 2.24) is 10.6 Å². The molecule has 15 nitrogen and oxygen atoms in total. The number of allylic oxidation sites excluding steroid dienone is 4. The first-order valence-corrected chi connectivity index (χ1v) is 22.1. The molecule has 0 unspecified atom stereocenters. The van der Waals surface area contributed by atoms with Gasteiger partial charge in [-0.3, -0.25) is 28.8 Å². The van der Waals surface area contributed by atoms with Gasteiger partial charge in [0.25, 0.3) is 0 Å². The van der Waals surface area contributed by atoms with Gasteiger partial charge in [0.05, 0.1) is 31.2 Å². The molecular weight excluding hydrogens is 862 g/mol. The van der Waals surface area contributed by atoms with E-state index in [1.165, 1.54) is 18.4 Å². The van der Waals surface area contributed by atoms with E-state index in [1.807, 2.05) is 24.4 Å². The number of carbonyl (C=O) groups excluding carboxylic acids is 5. The fourth-order valence-electron chi connectivity index (χ4n) is 10.9. The summed E-state index contributed by atoms with van der Waals surface area (Å²) in [5.41, 5.74) is 0.117. The molecule has 1 aromatic heterocycles. The molecule has 0 bridgehead atoms. The van der Waals surface area contributed by atoms with Gasteiger partial charge < -0.3 is 45.5 Å². The number of methoxy groups -OCH3 is 1. The normalized spacial score (nSPS) is 31.8. The molecule has 1 aliphatic heterocycles. The number of aliphatic carboxylic acids is 1. The second-order valence-corrected chi connectivity index (χ2v) is 18.3. The summed E-state index contributed by atoms with van der Waals surface area (Å²) in [6, 6.07) is 5.83. The van der Waals surface area contributed by atoms with Gasteiger partial charge in [-0.1, -0.05) is 53.6 Å². The highest BCUT2D eigenvalue weighted by Gasteiger charge is 2.76. The Bertz CT molecular complexity index is 2140. The van der Waals surface area contributed by atoms with Crippen molar-refractivity contribution in [3.8, 4) is 5.75 Å². The summed E-state index contributed by atoms with van der Waals surface area (Å²) in [4.78, 5) is 75.6. The van der Waals surface area contributed by atoms with Crippen molar-refractivity contribution in [2.75, 3.05) is 30.9 Å². The number of carbonyl (C=O) groups is 6. The summed E-state index contributed by atoms with van der Waals surface area (Å²) in [6.07, 6.45) is 4.76. The van der Waals surface area contributed by atoms with Gasteiger partial charge in [-0.05, 0) is 79.2 Å². The van der Waals surface area contributed by atoms with Crippen molar-refractivity contribution >= 4 is 68.2 Å². The lowest BCUT2D eigenvalue weighted by molar-refractivity contribution is -0.200. The lowest BCUT2D eigenvalue weighted by atomic mass is 9.46. The van der Waals surface area contributed by atoms with Crippen molar-refractivity contribution in [3.63, 3.8) is 0 Å². The van der Waals surface area contributed by atoms with Gasteiger partial charge >= 0.3 is 5.97 Å². The topological polar surface area (TPSA) is 227 Å². The average molecular weight is 913 g/mol. The quantitative estimate of drug-likeness (QED) is 0.141. The molecule has 5 aliphatic rings. The molecule has 10 atom stereocenters. The van der Waals surface area contributed by atoms with Crippen LogP contribution in [-0.2, 0) is 44.7 Å². The van der Waals surface area contributed by atoms with E-state index in [4.69, 9.17) is 14.2 Å². The molecule has 1 saturated heterocycles. The predicted molar refractivity (Wildman–Crippen MR) is 221 cm³/mol. The molecule has 4 aliphatic carbocycles. The minimum Gasteiger partial charge on any atom is -0.495 e. The lowest BCUT2D eigenvalue weighted by Crippen LogP contribution is -2.63. The van der Waals surface area contributed by atoms with Gasteiger partial charge in [0.2, 0.25) is 17.7 Å². The lowest BCUT2D eigenvalue weighted by Gasteiger charge is -2.59. The molecule has 0 radical (unpaired) electrons. The standard InChI is InChI=1S/C43H50BrN3O12S/c1-41-12-11-26(49)15-24(41)7-8-27-28-16-32-43(31(51)20-48,42(28,2)17-30(50)36(27)41)59-40(58-32)38-37(57-3)23(21-60-38)13-22-5-4-6-25(14-22)46-39(56)29(9-10-35(54)55)47-34(53)19-45-33(52)18-44/h4-6,11-12,14-15,21,27-30,32,36,40,48,50H,7-10,13,16-20H2,1-3H3,(H,45,52)(H,46,56)(H,47,53)(H,54,55)/t27-,28-,29-,30-,32+,36+,40+,41-,42-,43+/m0/s1. The van der Waals surface area contributed by atoms with Crippen molar-refractivity contribution in [2.45, 2.75) is 88.9 Å². The SMILES string of the molecule is COc1c(Cc2cccc(NC(=O)[C@H](CCC(=O)O)NC(=O)CNC(=O)CBr)c2)csc1[C@@H]1O[C@@H]2C[C@H]3[C@@H]4CCC5=CC(=O)C=C[C@]5(C)[C@H]4[C@@H](O)C[C@]3(C)[C@]2(C(=O)CO)O1. The molecule has 17 heteroatoms. The van der Waals surface area contributed by atoms with Crippen molar-refractivity contribution < 1.29 is 58.3 Å². The second-order valence-electron chi connectivity index (χ2n) is 16.8. The summed E-state index contributed by atoms with van der Waals surface area (Å²) in [6.45, 7) is 2.94. The monoisotopic (exact) mass is 911 g/mol. The molecular formula is C43H50BrN3O12S. The number of alkyl halides is 1. The number of Topliss-reactive ketones (excluding diaryl/α,β-unsaturated/α-hetero) is 1. The van der Waals surface area contributed by atoms with Crippen LogP contribution in [0.3, 0.4) is 0 Å². The van der Waals surface area contributed by atoms with E-state index in [2.05, 4.69) is 38.8 Å². The molecule has 2 aromatic rings. The van der Waals surface area contributed by atoms with Crippen molar-refractivity contribution in [3.05, 3.63) is 69.5 Å². The summed E-state index contributed by atoms with van der Waals surface area (Å²) < 4.78 is 19.5. The molecule has 7 rings (SSSR count). The van der Waals surface area contributed by atoms with Crippen molar-refractivity contribution in [2.24, 2.45) is 28.6 Å². The average Bonchev–Trinajstić information content (AvgIpc) is 3.87. The molecule has 322 valence electrons. The van der Waals surface area contributed by atoms with E-state index >= 15 is 0 Å². The number of fused-ring (bicyclic) bond motifs is 7. The minimum absolute atomic E-state index is 0.0108. The van der Waals surface area contributed by atoms with Gasteiger partial charge in [0.1, 0.15) is 23.3 Å². The van der Waals surface area contributed by atoms with Gasteiger partial charge in [0.15, 0.2) is 23.5 Å². The Morgan fingerprint density at radius 2 is 1.93 bits per heavy atom. The molecule has 0 spiro atoms. The minimum atomic E-state index is -1.52. The first-order chi connectivity index (χ1) is 28.6. The molecule has 6 N–H and O–H groups in total. The number of aliphatic hydroxyl groups is 2. The van der Waals surface area contributed by atoms with E-state index in [-0.39, 0.29) is 54.7 Å². The number of thiophene rings is 1. The van der Waals surface area contributed by atoms with Crippen LogP contribution in [0.15, 0.2) is 53.4 Å². The first-order valence-electron chi connectivity index (χ1n) is 20.1. The van der Waals surface area contributed by atoms with E-state index < -0.39 is 77.1 Å². The largest absolute Gasteiger partial charge is 0.495 e. The number of rotatable bonds is 15. The number of anilines is 1. The Morgan fingerprint density at radius 3 is 2.65 bits per heavy atom. The zero-order valence-electron chi connectivity index (χ0n) is 33.5. The number of benzene rings is 1. The fourth-order valence-corrected chi connectivity index (χ4v) is 12.1. The van der Waals surface area contributed by atoms with Crippen LogP contribution in [0.2, 0.25) is 0 Å². The molecule has 1 aromatic carbocycles. The number of ether oxygens (including phenoxy) is 3. The third-order valence-corrected chi connectivity index (χ3v) is 15.1. The number of carboxylic acids is 1. The van der Waals surface area contributed by atoms with Crippen LogP contribution in [0.1, 0.15) is 74.7 Å². The summed E-state index contributed by atoms with van der Waals surface area (Å²) in [5, 5.41) is 41.2. The molecule has 2 heterocycles. The van der Waals surface area contributed by atoms with E-state index in [0.717, 1.165) is 23.1 Å². The van der Waals surface area contributed by atoms with Crippen LogP contribution in [-0.4, -0.2) is 100 Å². The number of hydrogen-bond acceptors (Lipinski definition) is 12. The number of amides is 3. The number of halogens is 1. The maximum Gasteiger partial charge on any atom is 0.303 e. The van der Waals surface area contributed by atoms with Crippen LogP contribution < -0.4 is 20.7 Å². The number of nitrogens with one attached hydrogen (secondary N) is 3. The number of carboxylic acid groups (broad SMARTS) is 1. The zero-order chi connectivity index (χ0) is 43.1. The van der Waals surface area contributed by atoms with Gasteiger partial charge in [-0.2, -0.15) is 0 Å². The highest BCUT2D eigenvalue weighted by Crippen LogP contribution is 2.71.